The summed E-state index contributed by atoms with van der Waals surface area (Å²) in [4.78, 5) is 4.50. The number of pyridine rings is 1. The van der Waals surface area contributed by atoms with Crippen molar-refractivity contribution in [3.63, 3.8) is 0 Å². The topological polar surface area (TPSA) is 24.9 Å². The SMILES string of the molecule is CCCCCCCNc1cccc2cc(Br)cnc12. The zero-order valence-corrected chi connectivity index (χ0v) is 13.0. The van der Waals surface area contributed by atoms with Crippen molar-refractivity contribution in [2.24, 2.45) is 0 Å². The van der Waals surface area contributed by atoms with Crippen LogP contribution in [0.3, 0.4) is 0 Å². The van der Waals surface area contributed by atoms with Gasteiger partial charge in [0, 0.05) is 22.6 Å². The second-order valence-corrected chi connectivity index (χ2v) is 5.79. The largest absolute Gasteiger partial charge is 0.383 e. The van der Waals surface area contributed by atoms with Crippen molar-refractivity contribution in [3.8, 4) is 0 Å². The third-order valence-electron chi connectivity index (χ3n) is 3.27. The molecule has 1 heterocycles. The van der Waals surface area contributed by atoms with Gasteiger partial charge >= 0.3 is 0 Å². The van der Waals surface area contributed by atoms with Gasteiger partial charge in [-0.05, 0) is 34.5 Å². The number of hydrogen-bond donors (Lipinski definition) is 1. The van der Waals surface area contributed by atoms with Gasteiger partial charge in [-0.3, -0.25) is 4.98 Å². The van der Waals surface area contributed by atoms with Gasteiger partial charge in [-0.2, -0.15) is 0 Å². The Morgan fingerprint density at radius 3 is 2.84 bits per heavy atom. The van der Waals surface area contributed by atoms with Crippen LogP contribution in [0.1, 0.15) is 39.0 Å². The molecule has 2 rings (SSSR count). The highest BCUT2D eigenvalue weighted by Crippen LogP contribution is 2.23. The molecule has 0 fully saturated rings. The number of fused-ring (bicyclic) bond motifs is 1. The quantitative estimate of drug-likeness (QED) is 0.693. The maximum Gasteiger partial charge on any atom is 0.0934 e. The third-order valence-corrected chi connectivity index (χ3v) is 3.71. The number of benzene rings is 1. The van der Waals surface area contributed by atoms with Gasteiger partial charge in [-0.1, -0.05) is 44.7 Å². The average molecular weight is 321 g/mol. The van der Waals surface area contributed by atoms with Gasteiger partial charge in [0.05, 0.1) is 11.2 Å². The summed E-state index contributed by atoms with van der Waals surface area (Å²) in [5.74, 6) is 0. The fourth-order valence-corrected chi connectivity index (χ4v) is 2.58. The molecule has 1 aromatic heterocycles. The Morgan fingerprint density at radius 2 is 2.00 bits per heavy atom. The number of unbranched alkanes of at least 4 members (excludes halogenated alkanes) is 4. The summed E-state index contributed by atoms with van der Waals surface area (Å²) in [7, 11) is 0. The van der Waals surface area contributed by atoms with Crippen LogP contribution < -0.4 is 5.32 Å². The summed E-state index contributed by atoms with van der Waals surface area (Å²) < 4.78 is 1.02. The molecule has 0 saturated heterocycles. The molecule has 0 unspecified atom stereocenters. The number of rotatable bonds is 7. The molecule has 3 heteroatoms. The molecule has 0 atom stereocenters. The van der Waals surface area contributed by atoms with E-state index in [0.717, 1.165) is 22.2 Å². The normalized spacial score (nSPS) is 10.8. The van der Waals surface area contributed by atoms with Gasteiger partial charge in [-0.25, -0.2) is 0 Å². The van der Waals surface area contributed by atoms with Crippen LogP contribution in [0.4, 0.5) is 5.69 Å². The number of nitrogens with zero attached hydrogens (tertiary/aromatic N) is 1. The number of hydrogen-bond acceptors (Lipinski definition) is 2. The lowest BCUT2D eigenvalue weighted by atomic mass is 10.1. The summed E-state index contributed by atoms with van der Waals surface area (Å²) in [6.07, 6.45) is 8.39. The summed E-state index contributed by atoms with van der Waals surface area (Å²) >= 11 is 3.46. The molecule has 19 heavy (non-hydrogen) atoms. The Bertz CT molecular complexity index is 525. The van der Waals surface area contributed by atoms with E-state index < -0.39 is 0 Å². The fourth-order valence-electron chi connectivity index (χ4n) is 2.23. The highest BCUT2D eigenvalue weighted by Gasteiger charge is 2.02. The van der Waals surface area contributed by atoms with Crippen LogP contribution in [0.5, 0.6) is 0 Å². The van der Waals surface area contributed by atoms with Gasteiger partial charge < -0.3 is 5.32 Å². The van der Waals surface area contributed by atoms with Crippen LogP contribution in [0.25, 0.3) is 10.9 Å². The van der Waals surface area contributed by atoms with Crippen LogP contribution in [-0.4, -0.2) is 11.5 Å². The average Bonchev–Trinajstić information content (AvgIpc) is 2.42. The zero-order chi connectivity index (χ0) is 13.5. The summed E-state index contributed by atoms with van der Waals surface area (Å²) in [6, 6.07) is 8.39. The van der Waals surface area contributed by atoms with E-state index in [0.29, 0.717) is 0 Å². The van der Waals surface area contributed by atoms with E-state index in [1.54, 1.807) is 0 Å². The standard InChI is InChI=1S/C16H21BrN2/c1-2-3-4-5-6-10-18-15-9-7-8-13-11-14(17)12-19-16(13)15/h7-9,11-12,18H,2-6,10H2,1H3. The van der Waals surface area contributed by atoms with E-state index in [1.165, 1.54) is 37.5 Å². The van der Waals surface area contributed by atoms with Crippen molar-refractivity contribution in [3.05, 3.63) is 34.9 Å². The van der Waals surface area contributed by atoms with Gasteiger partial charge in [0.2, 0.25) is 0 Å². The maximum absolute atomic E-state index is 4.50. The molecule has 0 aliphatic rings. The molecule has 0 radical (unpaired) electrons. The number of anilines is 1. The molecule has 0 bridgehead atoms. The van der Waals surface area contributed by atoms with Crippen molar-refractivity contribution in [2.45, 2.75) is 39.0 Å². The molecule has 2 aromatic rings. The summed E-state index contributed by atoms with van der Waals surface area (Å²) in [5.41, 5.74) is 2.19. The maximum atomic E-state index is 4.50. The van der Waals surface area contributed by atoms with Crippen LogP contribution in [0.2, 0.25) is 0 Å². The highest BCUT2D eigenvalue weighted by molar-refractivity contribution is 9.10. The van der Waals surface area contributed by atoms with Crippen LogP contribution in [-0.2, 0) is 0 Å². The predicted molar refractivity (Wildman–Crippen MR) is 86.7 cm³/mol. The molecule has 0 aliphatic heterocycles. The second-order valence-electron chi connectivity index (χ2n) is 4.87. The molecule has 1 N–H and O–H groups in total. The third kappa shape index (κ3) is 4.20. The Hall–Kier alpha value is -1.09. The van der Waals surface area contributed by atoms with E-state index in [4.69, 9.17) is 0 Å². The second kappa shape index (κ2) is 7.49. The molecule has 2 nitrogen and oxygen atoms in total. The lowest BCUT2D eigenvalue weighted by Gasteiger charge is -2.09. The Morgan fingerprint density at radius 1 is 1.16 bits per heavy atom. The van der Waals surface area contributed by atoms with Crippen LogP contribution >= 0.6 is 15.9 Å². The molecule has 102 valence electrons. The first-order valence-corrected chi connectivity index (χ1v) is 7.88. The Balaban J connectivity index is 1.93. The van der Waals surface area contributed by atoms with Crippen molar-refractivity contribution >= 4 is 32.5 Å². The molecule has 0 aliphatic carbocycles. The first-order chi connectivity index (χ1) is 9.31. The molecule has 0 saturated carbocycles. The molecular weight excluding hydrogens is 300 g/mol. The zero-order valence-electron chi connectivity index (χ0n) is 11.5. The first-order valence-electron chi connectivity index (χ1n) is 7.09. The van der Waals surface area contributed by atoms with E-state index in [2.05, 4.69) is 57.4 Å². The summed E-state index contributed by atoms with van der Waals surface area (Å²) in [6.45, 7) is 3.28. The minimum atomic E-state index is 1.02. The van der Waals surface area contributed by atoms with Crippen molar-refractivity contribution in [1.29, 1.82) is 0 Å². The van der Waals surface area contributed by atoms with Gasteiger partial charge in [0.15, 0.2) is 0 Å². The molecule has 1 aromatic carbocycles. The lowest BCUT2D eigenvalue weighted by molar-refractivity contribution is 0.645. The molecule has 0 amide bonds. The van der Waals surface area contributed by atoms with Crippen molar-refractivity contribution < 1.29 is 0 Å². The summed E-state index contributed by atoms with van der Waals surface area (Å²) in [5, 5.41) is 4.68. The minimum Gasteiger partial charge on any atom is -0.383 e. The Kier molecular flexibility index (Phi) is 5.64. The van der Waals surface area contributed by atoms with E-state index >= 15 is 0 Å². The first kappa shape index (κ1) is 14.3. The number of halogens is 1. The monoisotopic (exact) mass is 320 g/mol. The van der Waals surface area contributed by atoms with Gasteiger partial charge in [0.1, 0.15) is 0 Å². The van der Waals surface area contributed by atoms with Crippen molar-refractivity contribution in [2.75, 3.05) is 11.9 Å². The molecule has 0 spiro atoms. The predicted octanol–water partition coefficient (Wildman–Crippen LogP) is 5.38. The highest BCUT2D eigenvalue weighted by atomic mass is 79.9. The number of para-hydroxylation sites is 1. The van der Waals surface area contributed by atoms with Crippen LogP contribution in [0, 0.1) is 0 Å². The Labute approximate surface area is 123 Å². The minimum absolute atomic E-state index is 1.02. The van der Waals surface area contributed by atoms with E-state index in [-0.39, 0.29) is 0 Å². The fraction of sp³-hybridized carbons (Fsp3) is 0.438. The lowest BCUT2D eigenvalue weighted by Crippen LogP contribution is -2.02. The molecular formula is C16H21BrN2. The smallest absolute Gasteiger partial charge is 0.0934 e. The number of nitrogens with one attached hydrogen (secondary N) is 1. The van der Waals surface area contributed by atoms with Gasteiger partial charge in [-0.15, -0.1) is 0 Å². The number of aromatic nitrogens is 1. The van der Waals surface area contributed by atoms with E-state index in [9.17, 15) is 0 Å². The van der Waals surface area contributed by atoms with Crippen LogP contribution in [0.15, 0.2) is 34.9 Å². The van der Waals surface area contributed by atoms with Crippen molar-refractivity contribution in [1.82, 2.24) is 4.98 Å². The van der Waals surface area contributed by atoms with E-state index in [1.807, 2.05) is 6.20 Å². The van der Waals surface area contributed by atoms with Gasteiger partial charge in [0.25, 0.3) is 0 Å².